The van der Waals surface area contributed by atoms with Crippen molar-refractivity contribution < 1.29 is 14.3 Å². The largest absolute Gasteiger partial charge is 0.359 e. The summed E-state index contributed by atoms with van der Waals surface area (Å²) >= 11 is 0. The van der Waals surface area contributed by atoms with Crippen LogP contribution in [0.4, 0.5) is 0 Å². The predicted octanol–water partition coefficient (Wildman–Crippen LogP) is 4.43. The van der Waals surface area contributed by atoms with Gasteiger partial charge in [-0.15, -0.1) is 0 Å². The van der Waals surface area contributed by atoms with Gasteiger partial charge in [-0.1, -0.05) is 18.2 Å². The van der Waals surface area contributed by atoms with Gasteiger partial charge < -0.3 is 9.47 Å². The molecule has 2 fully saturated rings. The van der Waals surface area contributed by atoms with Crippen molar-refractivity contribution in [2.24, 2.45) is 17.3 Å². The highest BCUT2D eigenvalue weighted by atomic mass is 16.7. The van der Waals surface area contributed by atoms with Crippen LogP contribution >= 0.6 is 0 Å². The van der Waals surface area contributed by atoms with Crippen molar-refractivity contribution in [2.75, 3.05) is 13.9 Å². The van der Waals surface area contributed by atoms with Gasteiger partial charge in [-0.2, -0.15) is 0 Å². The Morgan fingerprint density at radius 2 is 2.13 bits per heavy atom. The third-order valence-corrected chi connectivity index (χ3v) is 6.19. The average Bonchev–Trinajstić information content (AvgIpc) is 3.03. The number of allylic oxidation sites excluding steroid dienone is 3. The Hall–Kier alpha value is -0.930. The number of rotatable bonds is 6. The molecule has 2 saturated carbocycles. The van der Waals surface area contributed by atoms with Crippen LogP contribution in [0.3, 0.4) is 0 Å². The smallest absolute Gasteiger partial charge is 0.147 e. The Balaban J connectivity index is 1.63. The van der Waals surface area contributed by atoms with Gasteiger partial charge in [-0.3, -0.25) is 4.79 Å². The van der Waals surface area contributed by atoms with Gasteiger partial charge in [-0.05, 0) is 69.3 Å². The lowest BCUT2D eigenvalue weighted by molar-refractivity contribution is -0.129. The molecule has 0 unspecified atom stereocenters. The molecule has 0 heterocycles. The van der Waals surface area contributed by atoms with Gasteiger partial charge >= 0.3 is 0 Å². The predicted molar refractivity (Wildman–Crippen MR) is 91.0 cm³/mol. The van der Waals surface area contributed by atoms with Crippen molar-refractivity contribution >= 4 is 5.78 Å². The zero-order chi connectivity index (χ0) is 16.5. The Bertz CT molecular complexity index is 517. The number of carbonyl (C=O) groups excluding carboxylic acids is 1. The van der Waals surface area contributed by atoms with E-state index in [4.69, 9.17) is 9.47 Å². The van der Waals surface area contributed by atoms with E-state index in [-0.39, 0.29) is 11.0 Å². The van der Waals surface area contributed by atoms with Crippen LogP contribution in [0.5, 0.6) is 0 Å². The van der Waals surface area contributed by atoms with Gasteiger partial charge in [0.2, 0.25) is 0 Å². The van der Waals surface area contributed by atoms with Gasteiger partial charge in [-0.25, -0.2) is 0 Å². The van der Waals surface area contributed by atoms with E-state index in [9.17, 15) is 4.79 Å². The number of carbonyl (C=O) groups is 1. The van der Waals surface area contributed by atoms with Crippen LogP contribution in [0.2, 0.25) is 0 Å². The summed E-state index contributed by atoms with van der Waals surface area (Å²) in [6.45, 7) is 4.51. The van der Waals surface area contributed by atoms with E-state index in [0.717, 1.165) is 32.1 Å². The molecule has 0 N–H and O–H groups in total. The van der Waals surface area contributed by atoms with Crippen LogP contribution in [0.1, 0.15) is 58.8 Å². The standard InChI is InChI=1S/C20H30O3/c1-19(2,23-14-22-3)11-4-6-15-10-13-20-12-5-7-18(21)17(20)9-8-16(15)20/h4,6,10,16-17H,5,7-9,11-14H2,1-3H3/b6-4+/t16-,17+,20+/m1/s1. The zero-order valence-corrected chi connectivity index (χ0v) is 14.8. The quantitative estimate of drug-likeness (QED) is 0.680. The first kappa shape index (κ1) is 16.9. The second kappa shape index (κ2) is 6.52. The number of ether oxygens (including phenoxy) is 2. The topological polar surface area (TPSA) is 35.5 Å². The summed E-state index contributed by atoms with van der Waals surface area (Å²) in [4.78, 5) is 12.3. The maximum absolute atomic E-state index is 12.3. The molecule has 0 radical (unpaired) electrons. The number of Topliss-reactive ketones (excluding diaryl/α,β-unsaturated/α-hetero) is 1. The number of methoxy groups -OCH3 is 1. The first-order valence-electron chi connectivity index (χ1n) is 9.01. The van der Waals surface area contributed by atoms with E-state index in [2.05, 4.69) is 32.1 Å². The Kier molecular flexibility index (Phi) is 4.80. The van der Waals surface area contributed by atoms with E-state index >= 15 is 0 Å². The molecule has 3 heteroatoms. The van der Waals surface area contributed by atoms with E-state index < -0.39 is 0 Å². The monoisotopic (exact) mass is 318 g/mol. The Labute approximate surface area is 140 Å². The van der Waals surface area contributed by atoms with E-state index in [1.54, 1.807) is 7.11 Å². The first-order chi connectivity index (χ1) is 11.0. The minimum atomic E-state index is -0.206. The fourth-order valence-corrected chi connectivity index (χ4v) is 5.02. The number of hydrogen-bond acceptors (Lipinski definition) is 3. The molecule has 3 atom stereocenters. The fraction of sp³-hybridized carbons (Fsp3) is 0.750. The second-order valence-corrected chi connectivity index (χ2v) is 8.06. The fourth-order valence-electron chi connectivity index (χ4n) is 5.02. The lowest BCUT2D eigenvalue weighted by atomic mass is 9.63. The molecule has 0 bridgehead atoms. The summed E-state index contributed by atoms with van der Waals surface area (Å²) < 4.78 is 10.7. The molecule has 3 rings (SSSR count). The molecule has 0 saturated heterocycles. The lowest BCUT2D eigenvalue weighted by Gasteiger charge is -2.39. The molecule has 3 aliphatic carbocycles. The van der Waals surface area contributed by atoms with E-state index in [1.165, 1.54) is 18.4 Å². The molecule has 0 aliphatic heterocycles. The second-order valence-electron chi connectivity index (χ2n) is 8.06. The zero-order valence-electron chi connectivity index (χ0n) is 14.8. The van der Waals surface area contributed by atoms with Crippen LogP contribution in [0.25, 0.3) is 0 Å². The summed E-state index contributed by atoms with van der Waals surface area (Å²) in [6.07, 6.45) is 14.3. The van der Waals surface area contributed by atoms with Crippen LogP contribution in [-0.2, 0) is 14.3 Å². The van der Waals surface area contributed by atoms with Crippen molar-refractivity contribution in [1.29, 1.82) is 0 Å². The first-order valence-corrected chi connectivity index (χ1v) is 9.01. The number of hydrogen-bond donors (Lipinski definition) is 0. The van der Waals surface area contributed by atoms with Crippen LogP contribution < -0.4 is 0 Å². The molecule has 0 amide bonds. The molecular weight excluding hydrogens is 288 g/mol. The molecule has 1 spiro atoms. The molecule has 0 aromatic heterocycles. The highest BCUT2D eigenvalue weighted by Gasteiger charge is 2.56. The molecule has 0 aromatic rings. The molecule has 0 aromatic carbocycles. The summed E-state index contributed by atoms with van der Waals surface area (Å²) in [5.41, 5.74) is 1.53. The van der Waals surface area contributed by atoms with Crippen LogP contribution in [-0.4, -0.2) is 25.3 Å². The Morgan fingerprint density at radius 1 is 1.35 bits per heavy atom. The normalized spacial score (nSPS) is 33.9. The highest BCUT2D eigenvalue weighted by Crippen LogP contribution is 2.62. The Morgan fingerprint density at radius 3 is 2.91 bits per heavy atom. The molecule has 23 heavy (non-hydrogen) atoms. The van der Waals surface area contributed by atoms with Gasteiger partial charge in [0.05, 0.1) is 5.60 Å². The molecular formula is C20H30O3. The van der Waals surface area contributed by atoms with E-state index in [1.807, 2.05) is 0 Å². The molecule has 128 valence electrons. The third-order valence-electron chi connectivity index (χ3n) is 6.19. The van der Waals surface area contributed by atoms with Gasteiger partial charge in [0.15, 0.2) is 0 Å². The maximum Gasteiger partial charge on any atom is 0.147 e. The molecule has 3 nitrogen and oxygen atoms in total. The lowest BCUT2D eigenvalue weighted by Crippen LogP contribution is -2.37. The van der Waals surface area contributed by atoms with E-state index in [0.29, 0.717) is 24.4 Å². The van der Waals surface area contributed by atoms with Crippen molar-refractivity contribution in [1.82, 2.24) is 0 Å². The van der Waals surface area contributed by atoms with Crippen LogP contribution in [0, 0.1) is 17.3 Å². The minimum absolute atomic E-state index is 0.206. The summed E-state index contributed by atoms with van der Waals surface area (Å²) in [5.74, 6) is 1.48. The summed E-state index contributed by atoms with van der Waals surface area (Å²) in [6, 6.07) is 0. The maximum atomic E-state index is 12.3. The highest BCUT2D eigenvalue weighted by molar-refractivity contribution is 5.83. The van der Waals surface area contributed by atoms with Gasteiger partial charge in [0, 0.05) is 19.4 Å². The summed E-state index contributed by atoms with van der Waals surface area (Å²) in [5, 5.41) is 0. The average molecular weight is 318 g/mol. The van der Waals surface area contributed by atoms with Crippen molar-refractivity contribution in [3.05, 3.63) is 23.8 Å². The van der Waals surface area contributed by atoms with Crippen molar-refractivity contribution in [3.63, 3.8) is 0 Å². The van der Waals surface area contributed by atoms with Gasteiger partial charge in [0.25, 0.3) is 0 Å². The minimum Gasteiger partial charge on any atom is -0.359 e. The van der Waals surface area contributed by atoms with Gasteiger partial charge in [0.1, 0.15) is 12.6 Å². The SMILES string of the molecule is COCOC(C)(C)C/C=C/C1=CC[C@]23CCCC(=O)[C@@H]2CC[C@H]13. The van der Waals surface area contributed by atoms with Crippen molar-refractivity contribution in [3.8, 4) is 0 Å². The summed E-state index contributed by atoms with van der Waals surface area (Å²) in [7, 11) is 1.65. The number of ketones is 1. The third kappa shape index (κ3) is 3.18. The van der Waals surface area contributed by atoms with Crippen molar-refractivity contribution in [2.45, 2.75) is 64.4 Å². The molecule has 3 aliphatic rings. The van der Waals surface area contributed by atoms with Crippen LogP contribution in [0.15, 0.2) is 23.8 Å².